The Labute approximate surface area is 174 Å². The van der Waals surface area contributed by atoms with Gasteiger partial charge in [0.1, 0.15) is 17.2 Å². The van der Waals surface area contributed by atoms with E-state index in [4.69, 9.17) is 19.2 Å². The topological polar surface area (TPSA) is 84.3 Å². The second-order valence-corrected chi connectivity index (χ2v) is 7.80. The van der Waals surface area contributed by atoms with Crippen molar-refractivity contribution < 1.29 is 19.3 Å². The smallest absolute Gasteiger partial charge is 0.191 e. The van der Waals surface area contributed by atoms with Gasteiger partial charge < -0.3 is 30.0 Å². The molecular weight excluding hydrogens is 370 g/mol. The van der Waals surface area contributed by atoms with Crippen LogP contribution in [0.4, 0.5) is 0 Å². The zero-order valence-corrected chi connectivity index (χ0v) is 18.5. The number of aliphatic imine (C=N–C) groups is 1. The molecule has 0 bridgehead atoms. The normalized spacial score (nSPS) is 22.1. The van der Waals surface area contributed by atoms with E-state index in [-0.39, 0.29) is 11.5 Å². The standard InChI is InChI=1S/C22H37N3O4/c1-6-23-21(25-15-22(2)11-8-7-9-20(22)26)24-12-10-17-18(28-4)13-16(27-3)14-19(17)29-5/h13-14,20,26H,6-12,15H2,1-5H3,(H2,23,24,25). The molecule has 2 unspecified atom stereocenters. The van der Waals surface area contributed by atoms with Crippen LogP contribution in [0.25, 0.3) is 0 Å². The first-order valence-electron chi connectivity index (χ1n) is 10.5. The van der Waals surface area contributed by atoms with Crippen molar-refractivity contribution >= 4 is 5.96 Å². The van der Waals surface area contributed by atoms with E-state index < -0.39 is 0 Å². The summed E-state index contributed by atoms with van der Waals surface area (Å²) in [6.07, 6.45) is 4.56. The predicted molar refractivity (Wildman–Crippen MR) is 116 cm³/mol. The van der Waals surface area contributed by atoms with Gasteiger partial charge in [0.15, 0.2) is 5.96 Å². The van der Waals surface area contributed by atoms with Crippen molar-refractivity contribution in [1.29, 1.82) is 0 Å². The maximum absolute atomic E-state index is 10.4. The predicted octanol–water partition coefficient (Wildman–Crippen LogP) is 2.75. The molecule has 1 aliphatic rings. The number of ether oxygens (including phenoxy) is 3. The van der Waals surface area contributed by atoms with E-state index in [2.05, 4.69) is 17.6 Å². The Morgan fingerprint density at radius 3 is 2.38 bits per heavy atom. The molecule has 3 N–H and O–H groups in total. The molecule has 7 heteroatoms. The van der Waals surface area contributed by atoms with Crippen molar-refractivity contribution in [2.75, 3.05) is 41.0 Å². The zero-order valence-electron chi connectivity index (χ0n) is 18.5. The summed E-state index contributed by atoms with van der Waals surface area (Å²) in [6, 6.07) is 3.73. The Balaban J connectivity index is 2.04. The third-order valence-electron chi connectivity index (χ3n) is 5.71. The Morgan fingerprint density at radius 1 is 1.14 bits per heavy atom. The molecule has 29 heavy (non-hydrogen) atoms. The van der Waals surface area contributed by atoms with E-state index in [1.54, 1.807) is 21.3 Å². The summed E-state index contributed by atoms with van der Waals surface area (Å²) in [4.78, 5) is 4.75. The number of hydrogen-bond donors (Lipinski definition) is 3. The van der Waals surface area contributed by atoms with Crippen LogP contribution in [0.2, 0.25) is 0 Å². The van der Waals surface area contributed by atoms with Crippen LogP contribution >= 0.6 is 0 Å². The van der Waals surface area contributed by atoms with Gasteiger partial charge in [0.25, 0.3) is 0 Å². The molecule has 2 atom stereocenters. The molecule has 1 aromatic rings. The first-order chi connectivity index (χ1) is 14.0. The molecule has 0 aromatic heterocycles. The maximum atomic E-state index is 10.4. The third kappa shape index (κ3) is 6.16. The number of aliphatic hydroxyl groups excluding tert-OH is 1. The first kappa shape index (κ1) is 23.1. The second kappa shape index (κ2) is 11.1. The van der Waals surface area contributed by atoms with E-state index >= 15 is 0 Å². The Hall–Kier alpha value is -2.15. The number of methoxy groups -OCH3 is 3. The summed E-state index contributed by atoms with van der Waals surface area (Å²) >= 11 is 0. The van der Waals surface area contributed by atoms with Crippen LogP contribution in [0.15, 0.2) is 17.1 Å². The number of nitrogens with zero attached hydrogens (tertiary/aromatic N) is 1. The fourth-order valence-electron chi connectivity index (χ4n) is 3.80. The van der Waals surface area contributed by atoms with Gasteiger partial charge >= 0.3 is 0 Å². The highest BCUT2D eigenvalue weighted by Gasteiger charge is 2.35. The van der Waals surface area contributed by atoms with Crippen molar-refractivity contribution in [2.24, 2.45) is 10.4 Å². The molecule has 1 aromatic carbocycles. The average Bonchev–Trinajstić information content (AvgIpc) is 2.74. The molecule has 7 nitrogen and oxygen atoms in total. The molecule has 0 amide bonds. The minimum Gasteiger partial charge on any atom is -0.496 e. The second-order valence-electron chi connectivity index (χ2n) is 7.80. The van der Waals surface area contributed by atoms with E-state index in [9.17, 15) is 5.11 Å². The number of aliphatic hydroxyl groups is 1. The number of rotatable bonds is 9. The average molecular weight is 408 g/mol. The number of nitrogens with one attached hydrogen (secondary N) is 2. The van der Waals surface area contributed by atoms with Gasteiger partial charge in [0, 0.05) is 36.2 Å². The highest BCUT2D eigenvalue weighted by molar-refractivity contribution is 5.79. The molecule has 2 rings (SSSR count). The van der Waals surface area contributed by atoms with Gasteiger partial charge in [0.05, 0.1) is 34.0 Å². The molecule has 1 fully saturated rings. The summed E-state index contributed by atoms with van der Waals surface area (Å²) in [7, 11) is 4.91. The molecule has 0 saturated heterocycles. The molecule has 0 aliphatic heterocycles. The lowest BCUT2D eigenvalue weighted by molar-refractivity contribution is 0.00716. The Kier molecular flexibility index (Phi) is 8.89. The summed E-state index contributed by atoms with van der Waals surface area (Å²) in [6.45, 7) is 6.24. The Bertz CT molecular complexity index is 655. The third-order valence-corrected chi connectivity index (χ3v) is 5.71. The van der Waals surface area contributed by atoms with Crippen LogP contribution < -0.4 is 24.8 Å². The largest absolute Gasteiger partial charge is 0.496 e. The number of guanidine groups is 1. The lowest BCUT2D eigenvalue weighted by Gasteiger charge is -2.37. The van der Waals surface area contributed by atoms with Gasteiger partial charge in [-0.1, -0.05) is 19.8 Å². The molecule has 1 aliphatic carbocycles. The van der Waals surface area contributed by atoms with Gasteiger partial charge in [-0.3, -0.25) is 4.99 Å². The van der Waals surface area contributed by atoms with Gasteiger partial charge in [0.2, 0.25) is 0 Å². The minimum atomic E-state index is -0.282. The fourth-order valence-corrected chi connectivity index (χ4v) is 3.80. The van der Waals surface area contributed by atoms with Crippen LogP contribution in [0, 0.1) is 5.41 Å². The summed E-state index contributed by atoms with van der Waals surface area (Å²) in [5.41, 5.74) is 0.831. The fraction of sp³-hybridized carbons (Fsp3) is 0.682. The van der Waals surface area contributed by atoms with E-state index in [1.165, 1.54) is 0 Å². The molecule has 164 valence electrons. The lowest BCUT2D eigenvalue weighted by atomic mass is 9.73. The van der Waals surface area contributed by atoms with Gasteiger partial charge in [-0.25, -0.2) is 0 Å². The van der Waals surface area contributed by atoms with E-state index in [0.29, 0.717) is 25.3 Å². The van der Waals surface area contributed by atoms with Crippen LogP contribution in [0.1, 0.15) is 45.1 Å². The summed E-state index contributed by atoms with van der Waals surface area (Å²) in [5.74, 6) is 2.94. The van der Waals surface area contributed by atoms with Crippen molar-refractivity contribution in [1.82, 2.24) is 10.6 Å². The van der Waals surface area contributed by atoms with Gasteiger partial charge in [-0.2, -0.15) is 0 Å². The van der Waals surface area contributed by atoms with Gasteiger partial charge in [-0.05, 0) is 26.2 Å². The SMILES string of the molecule is CCNC(=NCC1(C)CCCCC1O)NCCc1c(OC)cc(OC)cc1OC. The van der Waals surface area contributed by atoms with E-state index in [0.717, 1.165) is 55.3 Å². The molecule has 0 heterocycles. The number of hydrogen-bond acceptors (Lipinski definition) is 5. The monoisotopic (exact) mass is 407 g/mol. The molecular formula is C22H37N3O4. The highest BCUT2D eigenvalue weighted by atomic mass is 16.5. The molecule has 0 radical (unpaired) electrons. The molecule has 0 spiro atoms. The van der Waals surface area contributed by atoms with Crippen molar-refractivity contribution in [3.05, 3.63) is 17.7 Å². The summed E-state index contributed by atoms with van der Waals surface area (Å²) in [5, 5.41) is 17.1. The first-order valence-corrected chi connectivity index (χ1v) is 10.5. The lowest BCUT2D eigenvalue weighted by Crippen LogP contribution is -2.42. The van der Waals surface area contributed by atoms with Crippen LogP contribution in [0.5, 0.6) is 17.2 Å². The highest BCUT2D eigenvalue weighted by Crippen LogP contribution is 2.36. The Morgan fingerprint density at radius 2 is 1.83 bits per heavy atom. The van der Waals surface area contributed by atoms with Crippen LogP contribution in [-0.2, 0) is 6.42 Å². The van der Waals surface area contributed by atoms with Crippen LogP contribution in [-0.4, -0.2) is 58.1 Å². The zero-order chi connectivity index (χ0) is 21.3. The quantitative estimate of drug-likeness (QED) is 0.431. The summed E-state index contributed by atoms with van der Waals surface area (Å²) < 4.78 is 16.4. The van der Waals surface area contributed by atoms with Crippen molar-refractivity contribution in [3.63, 3.8) is 0 Å². The molecule has 1 saturated carbocycles. The van der Waals surface area contributed by atoms with Crippen LogP contribution in [0.3, 0.4) is 0 Å². The van der Waals surface area contributed by atoms with E-state index in [1.807, 2.05) is 19.1 Å². The van der Waals surface area contributed by atoms with Gasteiger partial charge in [-0.15, -0.1) is 0 Å². The van der Waals surface area contributed by atoms with Crippen molar-refractivity contribution in [3.8, 4) is 17.2 Å². The minimum absolute atomic E-state index is 0.150. The number of benzene rings is 1. The maximum Gasteiger partial charge on any atom is 0.191 e. The van der Waals surface area contributed by atoms with Crippen molar-refractivity contribution in [2.45, 2.75) is 52.1 Å².